The number of aliphatic hydroxyl groups is 1. The van der Waals surface area contributed by atoms with E-state index in [-0.39, 0.29) is 18.6 Å². The van der Waals surface area contributed by atoms with Gasteiger partial charge in [-0.2, -0.15) is 0 Å². The van der Waals surface area contributed by atoms with E-state index in [0.717, 1.165) is 6.42 Å². The van der Waals surface area contributed by atoms with Crippen molar-refractivity contribution in [2.45, 2.75) is 39.2 Å². The van der Waals surface area contributed by atoms with Crippen molar-refractivity contribution in [3.8, 4) is 0 Å². The molecule has 0 bridgehead atoms. The molecule has 0 heterocycles. The predicted molar refractivity (Wildman–Crippen MR) is 68.8 cm³/mol. The summed E-state index contributed by atoms with van der Waals surface area (Å²) in [6.45, 7) is 4.07. The number of amides is 1. The summed E-state index contributed by atoms with van der Waals surface area (Å²) >= 11 is 0. The number of aliphatic hydroxyl groups excluding tert-OH is 1. The van der Waals surface area contributed by atoms with Crippen LogP contribution in [-0.4, -0.2) is 23.7 Å². The van der Waals surface area contributed by atoms with Gasteiger partial charge < -0.3 is 10.4 Å². The van der Waals surface area contributed by atoms with Gasteiger partial charge in [0, 0.05) is 19.1 Å². The summed E-state index contributed by atoms with van der Waals surface area (Å²) < 4.78 is 0. The highest BCUT2D eigenvalue weighted by molar-refractivity contribution is 5.76. The quantitative estimate of drug-likeness (QED) is 0.790. The summed E-state index contributed by atoms with van der Waals surface area (Å²) in [6, 6.07) is 8.16. The number of rotatable bonds is 6. The highest BCUT2D eigenvalue weighted by Gasteiger charge is 2.07. The van der Waals surface area contributed by atoms with Crippen LogP contribution in [0.4, 0.5) is 0 Å². The standard InChI is InChI=1S/C14H21NO2/c1-11-5-3-4-6-13(11)7-8-14(17)15-12(2)9-10-16/h3-6,12,16H,7-10H2,1-2H3,(H,15,17). The van der Waals surface area contributed by atoms with Crippen molar-refractivity contribution in [2.24, 2.45) is 0 Å². The van der Waals surface area contributed by atoms with Gasteiger partial charge in [0.05, 0.1) is 0 Å². The topological polar surface area (TPSA) is 49.3 Å². The Hall–Kier alpha value is -1.35. The molecule has 0 saturated heterocycles. The Kier molecular flexibility index (Phi) is 5.70. The number of hydrogen-bond donors (Lipinski definition) is 2. The molecule has 0 saturated carbocycles. The Morgan fingerprint density at radius 2 is 2.12 bits per heavy atom. The van der Waals surface area contributed by atoms with E-state index in [9.17, 15) is 4.79 Å². The lowest BCUT2D eigenvalue weighted by Crippen LogP contribution is -2.33. The maximum Gasteiger partial charge on any atom is 0.220 e. The number of nitrogens with one attached hydrogen (secondary N) is 1. The van der Waals surface area contributed by atoms with E-state index in [1.165, 1.54) is 11.1 Å². The molecule has 1 unspecified atom stereocenters. The number of carbonyl (C=O) groups excluding carboxylic acids is 1. The first-order valence-corrected chi connectivity index (χ1v) is 6.08. The molecule has 3 nitrogen and oxygen atoms in total. The smallest absolute Gasteiger partial charge is 0.220 e. The number of hydrogen-bond acceptors (Lipinski definition) is 2. The van der Waals surface area contributed by atoms with Crippen LogP contribution in [0, 0.1) is 6.92 Å². The maximum atomic E-state index is 11.6. The molecule has 0 fully saturated rings. The molecule has 1 aromatic carbocycles. The van der Waals surface area contributed by atoms with Gasteiger partial charge in [-0.3, -0.25) is 4.79 Å². The van der Waals surface area contributed by atoms with Gasteiger partial charge in [-0.05, 0) is 37.8 Å². The van der Waals surface area contributed by atoms with Crippen molar-refractivity contribution in [3.63, 3.8) is 0 Å². The molecule has 1 aromatic rings. The Bertz CT molecular complexity index is 363. The van der Waals surface area contributed by atoms with Crippen molar-refractivity contribution in [3.05, 3.63) is 35.4 Å². The third-order valence-corrected chi connectivity index (χ3v) is 2.85. The second-order valence-electron chi connectivity index (χ2n) is 4.41. The first-order chi connectivity index (χ1) is 8.13. The van der Waals surface area contributed by atoms with Crippen molar-refractivity contribution < 1.29 is 9.90 Å². The molecule has 0 aliphatic rings. The van der Waals surface area contributed by atoms with Crippen LogP contribution in [-0.2, 0) is 11.2 Å². The molecule has 0 radical (unpaired) electrons. The third-order valence-electron chi connectivity index (χ3n) is 2.85. The van der Waals surface area contributed by atoms with Crippen molar-refractivity contribution in [2.75, 3.05) is 6.61 Å². The first kappa shape index (κ1) is 13.7. The van der Waals surface area contributed by atoms with Gasteiger partial charge in [-0.15, -0.1) is 0 Å². The molecule has 0 aromatic heterocycles. The Morgan fingerprint density at radius 1 is 1.41 bits per heavy atom. The second-order valence-corrected chi connectivity index (χ2v) is 4.41. The molecule has 0 spiro atoms. The SMILES string of the molecule is Cc1ccccc1CCC(=O)NC(C)CCO. The maximum absolute atomic E-state index is 11.6. The van der Waals surface area contributed by atoms with Crippen LogP contribution in [0.15, 0.2) is 24.3 Å². The van der Waals surface area contributed by atoms with Crippen LogP contribution in [0.3, 0.4) is 0 Å². The fourth-order valence-electron chi connectivity index (χ4n) is 1.75. The largest absolute Gasteiger partial charge is 0.396 e. The average Bonchev–Trinajstić information content (AvgIpc) is 2.28. The minimum absolute atomic E-state index is 0.0457. The normalized spacial score (nSPS) is 12.2. The van der Waals surface area contributed by atoms with Crippen LogP contribution in [0.1, 0.15) is 30.9 Å². The number of aryl methyl sites for hydroxylation is 2. The number of benzene rings is 1. The Morgan fingerprint density at radius 3 is 2.76 bits per heavy atom. The molecule has 17 heavy (non-hydrogen) atoms. The molecule has 0 aliphatic carbocycles. The second kappa shape index (κ2) is 7.07. The van der Waals surface area contributed by atoms with E-state index in [4.69, 9.17) is 5.11 Å². The van der Waals surface area contributed by atoms with Crippen molar-refractivity contribution in [1.82, 2.24) is 5.32 Å². The van der Waals surface area contributed by atoms with E-state index in [0.29, 0.717) is 12.8 Å². The van der Waals surface area contributed by atoms with E-state index in [1.54, 1.807) is 0 Å². The van der Waals surface area contributed by atoms with E-state index in [2.05, 4.69) is 24.4 Å². The van der Waals surface area contributed by atoms with Crippen molar-refractivity contribution in [1.29, 1.82) is 0 Å². The summed E-state index contributed by atoms with van der Waals surface area (Å²) in [5.41, 5.74) is 2.45. The molecule has 0 aliphatic heterocycles. The average molecular weight is 235 g/mol. The number of carbonyl (C=O) groups is 1. The third kappa shape index (κ3) is 5.00. The molecule has 2 N–H and O–H groups in total. The van der Waals surface area contributed by atoms with Gasteiger partial charge in [0.25, 0.3) is 0 Å². The zero-order valence-electron chi connectivity index (χ0n) is 10.6. The molecule has 1 rings (SSSR count). The monoisotopic (exact) mass is 235 g/mol. The molecule has 1 atom stereocenters. The van der Waals surface area contributed by atoms with Gasteiger partial charge in [0.15, 0.2) is 0 Å². The van der Waals surface area contributed by atoms with Crippen LogP contribution in [0.25, 0.3) is 0 Å². The molecule has 1 amide bonds. The minimum Gasteiger partial charge on any atom is -0.396 e. The predicted octanol–water partition coefficient (Wildman–Crippen LogP) is 1.81. The van der Waals surface area contributed by atoms with E-state index in [1.807, 2.05) is 19.1 Å². The van der Waals surface area contributed by atoms with Gasteiger partial charge >= 0.3 is 0 Å². The highest BCUT2D eigenvalue weighted by Crippen LogP contribution is 2.09. The summed E-state index contributed by atoms with van der Waals surface area (Å²) in [5, 5.41) is 11.6. The summed E-state index contributed by atoms with van der Waals surface area (Å²) in [7, 11) is 0. The lowest BCUT2D eigenvalue weighted by molar-refractivity contribution is -0.121. The van der Waals surface area contributed by atoms with E-state index >= 15 is 0 Å². The minimum atomic E-state index is 0.0457. The lowest BCUT2D eigenvalue weighted by atomic mass is 10.0. The highest BCUT2D eigenvalue weighted by atomic mass is 16.3. The lowest BCUT2D eigenvalue weighted by Gasteiger charge is -2.12. The van der Waals surface area contributed by atoms with Gasteiger partial charge in [-0.1, -0.05) is 24.3 Å². The Labute approximate surface area is 103 Å². The molecule has 94 valence electrons. The molecule has 3 heteroatoms. The van der Waals surface area contributed by atoms with Crippen LogP contribution < -0.4 is 5.32 Å². The zero-order chi connectivity index (χ0) is 12.7. The Balaban J connectivity index is 2.36. The summed E-state index contributed by atoms with van der Waals surface area (Å²) in [5.74, 6) is 0.0502. The zero-order valence-corrected chi connectivity index (χ0v) is 10.6. The van der Waals surface area contributed by atoms with Crippen molar-refractivity contribution >= 4 is 5.91 Å². The summed E-state index contributed by atoms with van der Waals surface area (Å²) in [6.07, 6.45) is 1.88. The van der Waals surface area contributed by atoms with Gasteiger partial charge in [0.1, 0.15) is 0 Å². The molecular weight excluding hydrogens is 214 g/mol. The van der Waals surface area contributed by atoms with Crippen LogP contribution in [0.2, 0.25) is 0 Å². The van der Waals surface area contributed by atoms with Crippen LogP contribution >= 0.6 is 0 Å². The van der Waals surface area contributed by atoms with Gasteiger partial charge in [0.2, 0.25) is 5.91 Å². The fraction of sp³-hybridized carbons (Fsp3) is 0.500. The van der Waals surface area contributed by atoms with Crippen LogP contribution in [0.5, 0.6) is 0 Å². The summed E-state index contributed by atoms with van der Waals surface area (Å²) in [4.78, 5) is 11.6. The first-order valence-electron chi connectivity index (χ1n) is 6.08. The van der Waals surface area contributed by atoms with Gasteiger partial charge in [-0.25, -0.2) is 0 Å². The fourth-order valence-corrected chi connectivity index (χ4v) is 1.75. The molecular formula is C14H21NO2. The van der Waals surface area contributed by atoms with E-state index < -0.39 is 0 Å².